The van der Waals surface area contributed by atoms with Crippen LogP contribution in [0.3, 0.4) is 0 Å². The first-order valence-electron chi connectivity index (χ1n) is 4.88. The second-order valence-corrected chi connectivity index (χ2v) is 3.99. The van der Waals surface area contributed by atoms with Crippen LogP contribution < -0.4 is 5.73 Å². The van der Waals surface area contributed by atoms with Crippen molar-refractivity contribution < 1.29 is 4.74 Å². The SMILES string of the molecule is N#Cc1cc(N)c(Cl)n1C[C@H]1CCCO1. The maximum absolute atomic E-state index is 8.90. The van der Waals surface area contributed by atoms with Gasteiger partial charge in [-0.2, -0.15) is 5.26 Å². The highest BCUT2D eigenvalue weighted by Gasteiger charge is 2.19. The summed E-state index contributed by atoms with van der Waals surface area (Å²) in [6, 6.07) is 3.67. The number of nitrogens with zero attached hydrogens (tertiary/aromatic N) is 2. The predicted molar refractivity (Wildman–Crippen MR) is 57.5 cm³/mol. The Morgan fingerprint density at radius 2 is 2.53 bits per heavy atom. The average Bonchev–Trinajstić information content (AvgIpc) is 2.82. The molecule has 0 aliphatic carbocycles. The lowest BCUT2D eigenvalue weighted by molar-refractivity contribution is 0.0970. The van der Waals surface area contributed by atoms with Crippen molar-refractivity contribution in [2.24, 2.45) is 0 Å². The molecule has 0 amide bonds. The quantitative estimate of drug-likeness (QED) is 0.835. The number of nitrogen functional groups attached to an aromatic ring is 1. The highest BCUT2D eigenvalue weighted by atomic mass is 35.5. The second kappa shape index (κ2) is 4.13. The molecule has 2 N–H and O–H groups in total. The molecule has 0 spiro atoms. The maximum Gasteiger partial charge on any atom is 0.133 e. The Kier molecular flexibility index (Phi) is 2.85. The van der Waals surface area contributed by atoms with Crippen LogP contribution in [0.2, 0.25) is 5.15 Å². The number of aromatic nitrogens is 1. The molecule has 1 aromatic rings. The van der Waals surface area contributed by atoms with Crippen molar-refractivity contribution in [1.29, 1.82) is 5.26 Å². The van der Waals surface area contributed by atoms with Crippen LogP contribution in [0.15, 0.2) is 6.07 Å². The minimum Gasteiger partial charge on any atom is -0.396 e. The smallest absolute Gasteiger partial charge is 0.133 e. The molecule has 1 aromatic heterocycles. The lowest BCUT2D eigenvalue weighted by Crippen LogP contribution is -2.16. The molecular formula is C10H12ClN3O. The molecular weight excluding hydrogens is 214 g/mol. The van der Waals surface area contributed by atoms with E-state index in [1.165, 1.54) is 0 Å². The zero-order chi connectivity index (χ0) is 10.8. The first-order valence-corrected chi connectivity index (χ1v) is 5.26. The molecule has 80 valence electrons. The van der Waals surface area contributed by atoms with Gasteiger partial charge in [0.15, 0.2) is 0 Å². The number of ether oxygens (including phenoxy) is 1. The van der Waals surface area contributed by atoms with Crippen LogP contribution in [0.4, 0.5) is 5.69 Å². The van der Waals surface area contributed by atoms with Crippen LogP contribution in [0, 0.1) is 11.3 Å². The van der Waals surface area contributed by atoms with Crippen molar-refractivity contribution in [3.8, 4) is 6.07 Å². The lowest BCUT2D eigenvalue weighted by atomic mass is 10.2. The van der Waals surface area contributed by atoms with Gasteiger partial charge in [-0.3, -0.25) is 0 Å². The summed E-state index contributed by atoms with van der Waals surface area (Å²) in [4.78, 5) is 0. The number of anilines is 1. The molecule has 1 aliphatic rings. The minimum absolute atomic E-state index is 0.154. The zero-order valence-electron chi connectivity index (χ0n) is 8.24. The molecule has 0 radical (unpaired) electrons. The summed E-state index contributed by atoms with van der Waals surface area (Å²) in [5, 5.41) is 9.34. The third-order valence-corrected chi connectivity index (χ3v) is 3.01. The fraction of sp³-hybridized carbons (Fsp3) is 0.500. The Hall–Kier alpha value is -1.18. The molecule has 1 saturated heterocycles. The van der Waals surface area contributed by atoms with Crippen LogP contribution in [-0.2, 0) is 11.3 Å². The fourth-order valence-corrected chi connectivity index (χ4v) is 2.02. The van der Waals surface area contributed by atoms with Crippen LogP contribution in [0.25, 0.3) is 0 Å². The third kappa shape index (κ3) is 1.94. The maximum atomic E-state index is 8.90. The van der Waals surface area contributed by atoms with Crippen LogP contribution >= 0.6 is 11.6 Å². The molecule has 4 nitrogen and oxygen atoms in total. The van der Waals surface area contributed by atoms with E-state index in [1.54, 1.807) is 10.6 Å². The van der Waals surface area contributed by atoms with Gasteiger partial charge in [-0.05, 0) is 18.9 Å². The first kappa shape index (κ1) is 10.3. The predicted octanol–water partition coefficient (Wildman–Crippen LogP) is 1.77. The second-order valence-electron chi connectivity index (χ2n) is 3.63. The van der Waals surface area contributed by atoms with Gasteiger partial charge in [0.2, 0.25) is 0 Å². The highest BCUT2D eigenvalue weighted by Crippen LogP contribution is 2.25. The molecule has 1 aliphatic heterocycles. The monoisotopic (exact) mass is 225 g/mol. The zero-order valence-corrected chi connectivity index (χ0v) is 9.00. The van der Waals surface area contributed by atoms with E-state index in [1.807, 2.05) is 0 Å². The number of nitriles is 1. The van der Waals surface area contributed by atoms with Gasteiger partial charge in [-0.1, -0.05) is 11.6 Å². The van der Waals surface area contributed by atoms with Crippen molar-refractivity contribution in [2.45, 2.75) is 25.5 Å². The normalized spacial score (nSPS) is 20.4. The molecule has 2 heterocycles. The topological polar surface area (TPSA) is 64.0 Å². The average molecular weight is 226 g/mol. The van der Waals surface area contributed by atoms with E-state index in [0.717, 1.165) is 19.4 Å². The largest absolute Gasteiger partial charge is 0.396 e. The summed E-state index contributed by atoms with van der Waals surface area (Å²) in [5.74, 6) is 0. The summed E-state index contributed by atoms with van der Waals surface area (Å²) in [6.07, 6.45) is 2.24. The van der Waals surface area contributed by atoms with Gasteiger partial charge < -0.3 is 15.0 Å². The number of hydrogen-bond acceptors (Lipinski definition) is 3. The van der Waals surface area contributed by atoms with Gasteiger partial charge in [0, 0.05) is 6.61 Å². The molecule has 2 rings (SSSR count). The van der Waals surface area contributed by atoms with E-state index in [4.69, 9.17) is 27.3 Å². The van der Waals surface area contributed by atoms with Gasteiger partial charge in [0.25, 0.3) is 0 Å². The summed E-state index contributed by atoms with van der Waals surface area (Å²) in [7, 11) is 0. The number of rotatable bonds is 2. The standard InChI is InChI=1S/C10H12ClN3O/c11-10-9(13)4-7(5-12)14(10)6-8-2-1-3-15-8/h4,8H,1-3,6,13H2/t8-/m1/s1. The van der Waals surface area contributed by atoms with Gasteiger partial charge >= 0.3 is 0 Å². The van der Waals surface area contributed by atoms with Gasteiger partial charge in [0.05, 0.1) is 18.3 Å². The molecule has 0 bridgehead atoms. The Balaban J connectivity index is 2.22. The van der Waals surface area contributed by atoms with E-state index >= 15 is 0 Å². The van der Waals surface area contributed by atoms with Crippen LogP contribution in [0.5, 0.6) is 0 Å². The molecule has 1 fully saturated rings. The fourth-order valence-electron chi connectivity index (χ4n) is 1.81. The first-order chi connectivity index (χ1) is 7.22. The Bertz CT molecular complexity index is 402. The number of nitrogens with two attached hydrogens (primary N) is 1. The van der Waals surface area contributed by atoms with E-state index in [-0.39, 0.29) is 6.10 Å². The Morgan fingerprint density at radius 1 is 1.73 bits per heavy atom. The molecule has 15 heavy (non-hydrogen) atoms. The molecule has 5 heteroatoms. The summed E-state index contributed by atoms with van der Waals surface area (Å²) >= 11 is 6.00. The van der Waals surface area contributed by atoms with Crippen molar-refractivity contribution in [3.05, 3.63) is 16.9 Å². The summed E-state index contributed by atoms with van der Waals surface area (Å²) in [5.41, 5.74) is 6.59. The van der Waals surface area contributed by atoms with E-state index in [9.17, 15) is 0 Å². The summed E-state index contributed by atoms with van der Waals surface area (Å²) in [6.45, 7) is 1.40. The van der Waals surface area contributed by atoms with Crippen molar-refractivity contribution in [2.75, 3.05) is 12.3 Å². The molecule has 0 saturated carbocycles. The number of hydrogen-bond donors (Lipinski definition) is 1. The lowest BCUT2D eigenvalue weighted by Gasteiger charge is -2.12. The van der Waals surface area contributed by atoms with E-state index in [0.29, 0.717) is 23.1 Å². The minimum atomic E-state index is 0.154. The summed E-state index contributed by atoms with van der Waals surface area (Å²) < 4.78 is 7.21. The van der Waals surface area contributed by atoms with Gasteiger partial charge in [-0.25, -0.2) is 0 Å². The molecule has 1 atom stereocenters. The number of halogens is 1. The Morgan fingerprint density at radius 3 is 3.13 bits per heavy atom. The van der Waals surface area contributed by atoms with E-state index in [2.05, 4.69) is 6.07 Å². The Labute approximate surface area is 93.2 Å². The van der Waals surface area contributed by atoms with Crippen molar-refractivity contribution >= 4 is 17.3 Å². The van der Waals surface area contributed by atoms with Crippen LogP contribution in [-0.4, -0.2) is 17.3 Å². The van der Waals surface area contributed by atoms with Crippen molar-refractivity contribution in [3.63, 3.8) is 0 Å². The third-order valence-electron chi connectivity index (χ3n) is 2.58. The molecule has 0 aromatic carbocycles. The van der Waals surface area contributed by atoms with Crippen molar-refractivity contribution in [1.82, 2.24) is 4.57 Å². The van der Waals surface area contributed by atoms with Gasteiger partial charge in [-0.15, -0.1) is 0 Å². The van der Waals surface area contributed by atoms with E-state index < -0.39 is 0 Å². The van der Waals surface area contributed by atoms with Gasteiger partial charge in [0.1, 0.15) is 16.9 Å². The molecule has 0 unspecified atom stereocenters. The van der Waals surface area contributed by atoms with Crippen LogP contribution in [0.1, 0.15) is 18.5 Å². The highest BCUT2D eigenvalue weighted by molar-refractivity contribution is 6.32.